The third-order valence-corrected chi connectivity index (χ3v) is 3.05. The van der Waals surface area contributed by atoms with E-state index in [0.717, 1.165) is 30.6 Å². The maximum absolute atomic E-state index is 5.84. The number of anilines is 1. The average molecular weight is 190 g/mol. The van der Waals surface area contributed by atoms with E-state index >= 15 is 0 Å². The predicted octanol–water partition coefficient (Wildman–Crippen LogP) is 2.01. The molecule has 76 valence electrons. The maximum Gasteiger partial charge on any atom is 0.0359 e. The van der Waals surface area contributed by atoms with Crippen molar-refractivity contribution in [2.45, 2.75) is 19.9 Å². The van der Waals surface area contributed by atoms with Crippen LogP contribution in [0.25, 0.3) is 0 Å². The molecule has 0 aliphatic heterocycles. The Labute approximate surface area is 85.5 Å². The Morgan fingerprint density at radius 1 is 1.43 bits per heavy atom. The van der Waals surface area contributed by atoms with Gasteiger partial charge in [-0.1, -0.05) is 25.1 Å². The summed E-state index contributed by atoms with van der Waals surface area (Å²) < 4.78 is 0. The fourth-order valence-corrected chi connectivity index (χ4v) is 1.77. The number of hydrogen-bond donors (Lipinski definition) is 2. The van der Waals surface area contributed by atoms with Crippen LogP contribution in [0.2, 0.25) is 0 Å². The van der Waals surface area contributed by atoms with Gasteiger partial charge in [-0.15, -0.1) is 0 Å². The molecule has 0 heterocycles. The van der Waals surface area contributed by atoms with E-state index in [2.05, 4.69) is 18.3 Å². The van der Waals surface area contributed by atoms with E-state index < -0.39 is 0 Å². The molecule has 1 aromatic rings. The van der Waals surface area contributed by atoms with Crippen LogP contribution in [0.3, 0.4) is 0 Å². The summed E-state index contributed by atoms with van der Waals surface area (Å²) in [5.41, 5.74) is 7.94. The van der Waals surface area contributed by atoms with Crippen molar-refractivity contribution in [1.29, 1.82) is 0 Å². The molecule has 0 amide bonds. The van der Waals surface area contributed by atoms with Crippen LogP contribution in [0.4, 0.5) is 5.69 Å². The third-order valence-electron chi connectivity index (χ3n) is 3.05. The fourth-order valence-electron chi connectivity index (χ4n) is 1.77. The Bertz CT molecular complexity index is 309. The van der Waals surface area contributed by atoms with Crippen LogP contribution in [-0.4, -0.2) is 6.54 Å². The van der Waals surface area contributed by atoms with Gasteiger partial charge < -0.3 is 11.1 Å². The molecule has 2 nitrogen and oxygen atoms in total. The highest BCUT2D eigenvalue weighted by Crippen LogP contribution is 2.36. The largest absolute Gasteiger partial charge is 0.398 e. The highest BCUT2D eigenvalue weighted by atomic mass is 14.9. The van der Waals surface area contributed by atoms with Gasteiger partial charge in [-0.05, 0) is 36.4 Å². The van der Waals surface area contributed by atoms with Crippen molar-refractivity contribution in [2.24, 2.45) is 11.8 Å². The van der Waals surface area contributed by atoms with Crippen molar-refractivity contribution < 1.29 is 0 Å². The molecule has 1 aliphatic rings. The topological polar surface area (TPSA) is 38.0 Å². The zero-order chi connectivity index (χ0) is 9.97. The van der Waals surface area contributed by atoms with E-state index in [1.807, 2.05) is 18.2 Å². The number of nitrogens with two attached hydrogens (primary N) is 1. The SMILES string of the molecule is CC1CC1CNCc1ccccc1N. The Morgan fingerprint density at radius 2 is 2.14 bits per heavy atom. The van der Waals surface area contributed by atoms with Gasteiger partial charge in [-0.3, -0.25) is 0 Å². The zero-order valence-electron chi connectivity index (χ0n) is 8.66. The standard InChI is InChI=1S/C12H18N2/c1-9-6-11(9)8-14-7-10-4-2-3-5-12(10)13/h2-5,9,11,14H,6-8,13H2,1H3. The Morgan fingerprint density at radius 3 is 2.79 bits per heavy atom. The van der Waals surface area contributed by atoms with E-state index in [-0.39, 0.29) is 0 Å². The lowest BCUT2D eigenvalue weighted by Crippen LogP contribution is -2.17. The second-order valence-electron chi connectivity index (χ2n) is 4.30. The molecule has 14 heavy (non-hydrogen) atoms. The van der Waals surface area contributed by atoms with Crippen LogP contribution >= 0.6 is 0 Å². The van der Waals surface area contributed by atoms with Crippen molar-refractivity contribution in [1.82, 2.24) is 5.32 Å². The number of nitrogen functional groups attached to an aromatic ring is 1. The Hall–Kier alpha value is -1.02. The summed E-state index contributed by atoms with van der Waals surface area (Å²) in [6.45, 7) is 4.34. The highest BCUT2D eigenvalue weighted by molar-refractivity contribution is 5.46. The molecule has 1 aliphatic carbocycles. The predicted molar refractivity (Wildman–Crippen MR) is 59.8 cm³/mol. The average Bonchev–Trinajstić information content (AvgIpc) is 2.86. The first-order valence-corrected chi connectivity index (χ1v) is 5.31. The highest BCUT2D eigenvalue weighted by Gasteiger charge is 2.31. The van der Waals surface area contributed by atoms with Gasteiger partial charge in [0.25, 0.3) is 0 Å². The second-order valence-corrected chi connectivity index (χ2v) is 4.30. The minimum atomic E-state index is 0.892. The molecule has 0 bridgehead atoms. The number of rotatable bonds is 4. The van der Waals surface area contributed by atoms with E-state index in [0.29, 0.717) is 0 Å². The normalized spacial score (nSPS) is 24.9. The molecule has 0 spiro atoms. The number of benzene rings is 1. The molecule has 0 aromatic heterocycles. The van der Waals surface area contributed by atoms with Crippen LogP contribution in [0.15, 0.2) is 24.3 Å². The van der Waals surface area contributed by atoms with Gasteiger partial charge in [0.05, 0.1) is 0 Å². The lowest BCUT2D eigenvalue weighted by molar-refractivity contribution is 0.612. The van der Waals surface area contributed by atoms with Crippen LogP contribution in [0.1, 0.15) is 18.9 Å². The summed E-state index contributed by atoms with van der Waals surface area (Å²) in [7, 11) is 0. The van der Waals surface area contributed by atoms with Crippen LogP contribution in [-0.2, 0) is 6.54 Å². The van der Waals surface area contributed by atoms with E-state index in [4.69, 9.17) is 5.73 Å². The monoisotopic (exact) mass is 190 g/mol. The number of para-hydroxylation sites is 1. The second kappa shape index (κ2) is 4.01. The van der Waals surface area contributed by atoms with Gasteiger partial charge in [0.1, 0.15) is 0 Å². The first kappa shape index (κ1) is 9.53. The summed E-state index contributed by atoms with van der Waals surface area (Å²) in [5.74, 6) is 1.83. The lowest BCUT2D eigenvalue weighted by atomic mass is 10.2. The van der Waals surface area contributed by atoms with Crippen LogP contribution in [0, 0.1) is 11.8 Å². The summed E-state index contributed by atoms with van der Waals surface area (Å²) in [4.78, 5) is 0. The minimum Gasteiger partial charge on any atom is -0.398 e. The molecule has 3 N–H and O–H groups in total. The number of hydrogen-bond acceptors (Lipinski definition) is 2. The molecule has 1 fully saturated rings. The van der Waals surface area contributed by atoms with Crippen LogP contribution < -0.4 is 11.1 Å². The number of nitrogens with one attached hydrogen (secondary N) is 1. The first-order valence-electron chi connectivity index (χ1n) is 5.31. The quantitative estimate of drug-likeness (QED) is 0.713. The molecule has 1 saturated carbocycles. The molecule has 2 heteroatoms. The van der Waals surface area contributed by atoms with Crippen LogP contribution in [0.5, 0.6) is 0 Å². The molecule has 2 unspecified atom stereocenters. The van der Waals surface area contributed by atoms with Crippen molar-refractivity contribution in [3.63, 3.8) is 0 Å². The van der Waals surface area contributed by atoms with Gasteiger partial charge in [-0.25, -0.2) is 0 Å². The van der Waals surface area contributed by atoms with E-state index in [9.17, 15) is 0 Å². The van der Waals surface area contributed by atoms with E-state index in [1.54, 1.807) is 0 Å². The smallest absolute Gasteiger partial charge is 0.0359 e. The van der Waals surface area contributed by atoms with Crippen molar-refractivity contribution in [3.05, 3.63) is 29.8 Å². The molecule has 2 atom stereocenters. The Balaban J connectivity index is 1.77. The summed E-state index contributed by atoms with van der Waals surface area (Å²) >= 11 is 0. The van der Waals surface area contributed by atoms with Gasteiger partial charge in [-0.2, -0.15) is 0 Å². The maximum atomic E-state index is 5.84. The minimum absolute atomic E-state index is 0.892. The third kappa shape index (κ3) is 2.26. The van der Waals surface area contributed by atoms with Gasteiger partial charge >= 0.3 is 0 Å². The lowest BCUT2D eigenvalue weighted by Gasteiger charge is -2.06. The summed E-state index contributed by atoms with van der Waals surface area (Å²) in [5, 5.41) is 3.45. The molecular weight excluding hydrogens is 172 g/mol. The zero-order valence-corrected chi connectivity index (χ0v) is 8.66. The van der Waals surface area contributed by atoms with Gasteiger partial charge in [0.15, 0.2) is 0 Å². The fraction of sp³-hybridized carbons (Fsp3) is 0.500. The van der Waals surface area contributed by atoms with Crippen molar-refractivity contribution in [2.75, 3.05) is 12.3 Å². The van der Waals surface area contributed by atoms with E-state index in [1.165, 1.54) is 12.0 Å². The Kier molecular flexibility index (Phi) is 2.73. The van der Waals surface area contributed by atoms with Crippen molar-refractivity contribution >= 4 is 5.69 Å². The van der Waals surface area contributed by atoms with Crippen molar-refractivity contribution in [3.8, 4) is 0 Å². The molecule has 0 radical (unpaired) electrons. The van der Waals surface area contributed by atoms with Gasteiger partial charge in [0, 0.05) is 12.2 Å². The van der Waals surface area contributed by atoms with Gasteiger partial charge in [0.2, 0.25) is 0 Å². The summed E-state index contributed by atoms with van der Waals surface area (Å²) in [6, 6.07) is 8.05. The molecule has 2 rings (SSSR count). The molecular formula is C12H18N2. The summed E-state index contributed by atoms with van der Waals surface area (Å²) in [6.07, 6.45) is 1.39. The first-order chi connectivity index (χ1) is 6.77. The molecule has 0 saturated heterocycles. The molecule has 1 aromatic carbocycles.